The van der Waals surface area contributed by atoms with E-state index in [0.29, 0.717) is 11.6 Å². The maximum absolute atomic E-state index is 5.93. The second-order valence-electron chi connectivity index (χ2n) is 5.78. The van der Waals surface area contributed by atoms with Gasteiger partial charge in [0.2, 0.25) is 0 Å². The summed E-state index contributed by atoms with van der Waals surface area (Å²) in [6, 6.07) is 0. The van der Waals surface area contributed by atoms with E-state index in [1.54, 1.807) is 0 Å². The minimum atomic E-state index is -0.181. The highest BCUT2D eigenvalue weighted by atomic mass is 16.5. The van der Waals surface area contributed by atoms with E-state index in [4.69, 9.17) is 10.6 Å². The maximum atomic E-state index is 5.93. The van der Waals surface area contributed by atoms with Gasteiger partial charge in [-0.2, -0.15) is 0 Å². The standard InChI is InChI=1S/C13H23N5O/c1-8-6-18(7-13(4,5)19-8)12-9(2)11(17-14)15-10(3)16-12/h8H,6-7,14H2,1-5H3,(H,15,16,17). The highest BCUT2D eigenvalue weighted by Gasteiger charge is 2.33. The molecule has 0 bridgehead atoms. The van der Waals surface area contributed by atoms with Crippen LogP contribution in [0.3, 0.4) is 0 Å². The number of morpholine rings is 1. The van der Waals surface area contributed by atoms with Gasteiger partial charge >= 0.3 is 0 Å². The van der Waals surface area contributed by atoms with Gasteiger partial charge in [-0.25, -0.2) is 15.8 Å². The molecule has 1 aromatic rings. The van der Waals surface area contributed by atoms with E-state index in [1.807, 2.05) is 13.8 Å². The lowest BCUT2D eigenvalue weighted by Gasteiger charge is -2.42. The van der Waals surface area contributed by atoms with Crippen molar-refractivity contribution in [3.8, 4) is 0 Å². The molecule has 2 heterocycles. The third kappa shape index (κ3) is 2.96. The molecule has 3 N–H and O–H groups in total. The van der Waals surface area contributed by atoms with Gasteiger partial charge < -0.3 is 15.1 Å². The van der Waals surface area contributed by atoms with Gasteiger partial charge in [0.05, 0.1) is 11.7 Å². The first-order chi connectivity index (χ1) is 8.82. The lowest BCUT2D eigenvalue weighted by Crippen LogP contribution is -2.52. The van der Waals surface area contributed by atoms with Gasteiger partial charge in [-0.05, 0) is 34.6 Å². The summed E-state index contributed by atoms with van der Waals surface area (Å²) in [6.45, 7) is 11.8. The van der Waals surface area contributed by atoms with Crippen LogP contribution in [0.2, 0.25) is 0 Å². The molecule has 1 aliphatic heterocycles. The molecule has 1 unspecified atom stereocenters. The molecule has 0 saturated carbocycles. The average Bonchev–Trinajstić information content (AvgIpc) is 2.29. The summed E-state index contributed by atoms with van der Waals surface area (Å²) >= 11 is 0. The van der Waals surface area contributed by atoms with Crippen LogP contribution in [-0.2, 0) is 4.74 Å². The minimum absolute atomic E-state index is 0.174. The number of nitrogens with one attached hydrogen (secondary N) is 1. The largest absolute Gasteiger partial charge is 0.369 e. The number of hydrogen-bond donors (Lipinski definition) is 2. The summed E-state index contributed by atoms with van der Waals surface area (Å²) < 4.78 is 5.93. The Hall–Kier alpha value is -1.40. The summed E-state index contributed by atoms with van der Waals surface area (Å²) in [5.74, 6) is 7.84. The van der Waals surface area contributed by atoms with Crippen LogP contribution in [0.1, 0.15) is 32.2 Å². The molecule has 6 heteroatoms. The molecule has 2 rings (SSSR count). The number of hydrazine groups is 1. The van der Waals surface area contributed by atoms with Crippen LogP contribution in [0.4, 0.5) is 11.6 Å². The molecule has 1 aliphatic rings. The lowest BCUT2D eigenvalue weighted by atomic mass is 10.1. The third-order valence-corrected chi connectivity index (χ3v) is 3.24. The lowest BCUT2D eigenvalue weighted by molar-refractivity contribution is -0.0752. The quantitative estimate of drug-likeness (QED) is 0.621. The summed E-state index contributed by atoms with van der Waals surface area (Å²) in [4.78, 5) is 11.1. The Labute approximate surface area is 114 Å². The highest BCUT2D eigenvalue weighted by molar-refractivity contribution is 5.58. The maximum Gasteiger partial charge on any atom is 0.148 e. The molecule has 0 spiro atoms. The Morgan fingerprint density at radius 2 is 2.05 bits per heavy atom. The van der Waals surface area contributed by atoms with E-state index in [9.17, 15) is 0 Å². The average molecular weight is 265 g/mol. The van der Waals surface area contributed by atoms with Crippen molar-refractivity contribution < 1.29 is 4.74 Å². The van der Waals surface area contributed by atoms with Gasteiger partial charge in [-0.3, -0.25) is 0 Å². The summed E-state index contributed by atoms with van der Waals surface area (Å²) in [5, 5.41) is 0. The van der Waals surface area contributed by atoms with E-state index >= 15 is 0 Å². The van der Waals surface area contributed by atoms with Crippen molar-refractivity contribution in [3.05, 3.63) is 11.4 Å². The SMILES string of the molecule is Cc1nc(NN)c(C)c(N2CC(C)OC(C)(C)C2)n1. The first-order valence-electron chi connectivity index (χ1n) is 6.57. The number of aryl methyl sites for hydroxylation is 1. The number of nitrogens with two attached hydrogens (primary N) is 1. The molecule has 0 aliphatic carbocycles. The molecule has 106 valence electrons. The van der Waals surface area contributed by atoms with Crippen molar-refractivity contribution in [1.29, 1.82) is 0 Å². The fourth-order valence-electron chi connectivity index (χ4n) is 2.68. The van der Waals surface area contributed by atoms with E-state index in [1.165, 1.54) is 0 Å². The summed E-state index contributed by atoms with van der Waals surface area (Å²) in [6.07, 6.45) is 0.174. The molecule has 0 radical (unpaired) electrons. The van der Waals surface area contributed by atoms with Gasteiger partial charge in [-0.15, -0.1) is 0 Å². The molecule has 6 nitrogen and oxygen atoms in total. The van der Waals surface area contributed by atoms with Gasteiger partial charge in [0.25, 0.3) is 0 Å². The Bertz CT molecular complexity index is 474. The molecule has 1 aromatic heterocycles. The van der Waals surface area contributed by atoms with Crippen LogP contribution in [0.5, 0.6) is 0 Å². The van der Waals surface area contributed by atoms with Crippen LogP contribution in [0.15, 0.2) is 0 Å². The van der Waals surface area contributed by atoms with Crippen molar-refractivity contribution in [2.45, 2.75) is 46.3 Å². The smallest absolute Gasteiger partial charge is 0.148 e. The van der Waals surface area contributed by atoms with E-state index in [2.05, 4.69) is 41.1 Å². The Morgan fingerprint density at radius 1 is 1.37 bits per heavy atom. The zero-order valence-corrected chi connectivity index (χ0v) is 12.3. The topological polar surface area (TPSA) is 76.3 Å². The molecule has 19 heavy (non-hydrogen) atoms. The number of nitrogens with zero attached hydrogens (tertiary/aromatic N) is 3. The van der Waals surface area contributed by atoms with Crippen LogP contribution in [0.25, 0.3) is 0 Å². The highest BCUT2D eigenvalue weighted by Crippen LogP contribution is 2.29. The molecule has 1 saturated heterocycles. The fraction of sp³-hybridized carbons (Fsp3) is 0.692. The van der Waals surface area contributed by atoms with Crippen molar-refractivity contribution in [3.63, 3.8) is 0 Å². The molecule has 1 atom stereocenters. The number of hydrogen-bond acceptors (Lipinski definition) is 6. The summed E-state index contributed by atoms with van der Waals surface area (Å²) in [7, 11) is 0. The number of ether oxygens (including phenoxy) is 1. The first-order valence-corrected chi connectivity index (χ1v) is 6.57. The second-order valence-corrected chi connectivity index (χ2v) is 5.78. The van der Waals surface area contributed by atoms with Crippen LogP contribution in [0, 0.1) is 13.8 Å². The molecular formula is C13H23N5O. The van der Waals surface area contributed by atoms with Crippen LogP contribution < -0.4 is 16.2 Å². The molecule has 0 aromatic carbocycles. The van der Waals surface area contributed by atoms with E-state index in [0.717, 1.165) is 24.5 Å². The first kappa shape index (κ1) is 14.0. The van der Waals surface area contributed by atoms with Crippen molar-refractivity contribution in [2.75, 3.05) is 23.4 Å². The monoisotopic (exact) mass is 265 g/mol. The van der Waals surface area contributed by atoms with Gasteiger partial charge in [0.1, 0.15) is 17.5 Å². The number of anilines is 2. The zero-order chi connectivity index (χ0) is 14.2. The minimum Gasteiger partial charge on any atom is -0.369 e. The van der Waals surface area contributed by atoms with Crippen molar-refractivity contribution >= 4 is 11.6 Å². The number of rotatable bonds is 2. The Kier molecular flexibility index (Phi) is 3.64. The van der Waals surface area contributed by atoms with E-state index < -0.39 is 0 Å². The third-order valence-electron chi connectivity index (χ3n) is 3.24. The van der Waals surface area contributed by atoms with Crippen molar-refractivity contribution in [2.24, 2.45) is 5.84 Å². The molecule has 0 amide bonds. The van der Waals surface area contributed by atoms with Gasteiger partial charge in [-0.1, -0.05) is 0 Å². The van der Waals surface area contributed by atoms with Crippen LogP contribution in [-0.4, -0.2) is 34.8 Å². The van der Waals surface area contributed by atoms with Gasteiger partial charge in [0, 0.05) is 18.7 Å². The predicted molar refractivity (Wildman–Crippen MR) is 76.2 cm³/mol. The van der Waals surface area contributed by atoms with E-state index in [-0.39, 0.29) is 11.7 Å². The normalized spacial score (nSPS) is 22.4. The second kappa shape index (κ2) is 4.94. The van der Waals surface area contributed by atoms with Crippen molar-refractivity contribution in [1.82, 2.24) is 9.97 Å². The summed E-state index contributed by atoms with van der Waals surface area (Å²) in [5.41, 5.74) is 3.43. The predicted octanol–water partition coefficient (Wildman–Crippen LogP) is 1.38. The molecule has 1 fully saturated rings. The fourth-order valence-corrected chi connectivity index (χ4v) is 2.68. The molecular weight excluding hydrogens is 242 g/mol. The van der Waals surface area contributed by atoms with Crippen LogP contribution >= 0.6 is 0 Å². The van der Waals surface area contributed by atoms with Gasteiger partial charge in [0.15, 0.2) is 0 Å². The number of aromatic nitrogens is 2. The Morgan fingerprint density at radius 3 is 2.63 bits per heavy atom. The zero-order valence-electron chi connectivity index (χ0n) is 12.3. The number of nitrogen functional groups attached to an aromatic ring is 1. The Balaban J connectivity index is 2.38.